The zero-order valence-corrected chi connectivity index (χ0v) is 16.1. The molecule has 0 radical (unpaired) electrons. The summed E-state index contributed by atoms with van der Waals surface area (Å²) in [6, 6.07) is 22.0. The van der Waals surface area contributed by atoms with Crippen molar-refractivity contribution in [3.8, 4) is 0 Å². The molecule has 5 heteroatoms. The number of carbonyl (C=O) groups is 1. The maximum absolute atomic E-state index is 12.8. The van der Waals surface area contributed by atoms with E-state index in [1.165, 1.54) is 5.39 Å². The average molecular weight is 373 g/mol. The Bertz CT molecular complexity index is 1220. The third-order valence-corrected chi connectivity index (χ3v) is 5.19. The van der Waals surface area contributed by atoms with Crippen LogP contribution in [-0.2, 0) is 24.4 Å². The number of nitrogens with zero attached hydrogens (tertiary/aromatic N) is 3. The molecule has 5 nitrogen and oxygen atoms in total. The fourth-order valence-corrected chi connectivity index (χ4v) is 3.69. The minimum Gasteiger partial charge on any atom is -0.340 e. The summed E-state index contributed by atoms with van der Waals surface area (Å²) < 4.78 is 3.27. The van der Waals surface area contributed by atoms with Crippen LogP contribution in [0.1, 0.15) is 12.5 Å². The predicted octanol–water partition coefficient (Wildman–Crippen LogP) is 3.63. The normalized spacial score (nSPS) is 11.2. The number of likely N-dealkylation sites (N-methyl/N-ethyl adjacent to an activating group) is 1. The van der Waals surface area contributed by atoms with E-state index in [4.69, 9.17) is 0 Å². The third-order valence-electron chi connectivity index (χ3n) is 5.19. The second-order valence-electron chi connectivity index (χ2n) is 7.03. The van der Waals surface area contributed by atoms with Gasteiger partial charge in [0.25, 0.3) is 0 Å². The minimum atomic E-state index is -0.142. The molecule has 4 aromatic rings. The van der Waals surface area contributed by atoms with Gasteiger partial charge in [0, 0.05) is 20.1 Å². The van der Waals surface area contributed by atoms with E-state index in [0.717, 1.165) is 22.0 Å². The van der Waals surface area contributed by atoms with Crippen molar-refractivity contribution < 1.29 is 4.79 Å². The molecule has 0 saturated heterocycles. The van der Waals surface area contributed by atoms with E-state index in [2.05, 4.69) is 24.3 Å². The first-order valence-corrected chi connectivity index (χ1v) is 9.48. The Morgan fingerprint density at radius 1 is 0.893 bits per heavy atom. The van der Waals surface area contributed by atoms with Gasteiger partial charge in [0.1, 0.15) is 6.54 Å². The standard InChI is InChI=1S/C23H23N3O2/c1-3-25-20-10-6-7-11-21(20)26(23(25)28)16-22(27)24(2)15-17-12-13-18-8-4-5-9-19(18)14-17/h4-14H,3,15-16H2,1-2H3. The first-order valence-electron chi connectivity index (χ1n) is 9.48. The number of hydrogen-bond acceptors (Lipinski definition) is 2. The average Bonchev–Trinajstić information content (AvgIpc) is 2.98. The summed E-state index contributed by atoms with van der Waals surface area (Å²) in [6.07, 6.45) is 0. The maximum atomic E-state index is 12.8. The maximum Gasteiger partial charge on any atom is 0.329 e. The van der Waals surface area contributed by atoms with Gasteiger partial charge in [-0.15, -0.1) is 0 Å². The highest BCUT2D eigenvalue weighted by atomic mass is 16.2. The van der Waals surface area contributed by atoms with E-state index in [0.29, 0.717) is 13.1 Å². The number of fused-ring (bicyclic) bond motifs is 2. The zero-order chi connectivity index (χ0) is 19.7. The van der Waals surface area contributed by atoms with Crippen LogP contribution in [0.15, 0.2) is 71.5 Å². The van der Waals surface area contributed by atoms with E-state index in [1.807, 2.05) is 49.4 Å². The number of para-hydroxylation sites is 2. The van der Waals surface area contributed by atoms with Gasteiger partial charge in [-0.1, -0.05) is 48.5 Å². The van der Waals surface area contributed by atoms with E-state index in [9.17, 15) is 9.59 Å². The van der Waals surface area contributed by atoms with Crippen molar-refractivity contribution in [2.75, 3.05) is 7.05 Å². The molecule has 0 atom stereocenters. The number of carbonyl (C=O) groups excluding carboxylic acids is 1. The van der Waals surface area contributed by atoms with Crippen molar-refractivity contribution in [3.63, 3.8) is 0 Å². The van der Waals surface area contributed by atoms with Crippen molar-refractivity contribution >= 4 is 27.7 Å². The summed E-state index contributed by atoms with van der Waals surface area (Å²) in [5.74, 6) is -0.0886. The molecule has 1 amide bonds. The molecule has 0 unspecified atom stereocenters. The molecule has 0 spiro atoms. The predicted molar refractivity (Wildman–Crippen MR) is 112 cm³/mol. The highest BCUT2D eigenvalue weighted by molar-refractivity contribution is 5.83. The third kappa shape index (κ3) is 3.20. The van der Waals surface area contributed by atoms with Gasteiger partial charge in [0.2, 0.25) is 5.91 Å². The van der Waals surface area contributed by atoms with E-state index < -0.39 is 0 Å². The molecule has 142 valence electrons. The summed E-state index contributed by atoms with van der Waals surface area (Å²) in [6.45, 7) is 3.06. The number of benzene rings is 3. The molecule has 0 bridgehead atoms. The van der Waals surface area contributed by atoms with Crippen LogP contribution in [0.25, 0.3) is 21.8 Å². The Morgan fingerprint density at radius 2 is 1.54 bits per heavy atom. The van der Waals surface area contributed by atoms with Gasteiger partial charge < -0.3 is 4.90 Å². The molecule has 0 saturated carbocycles. The van der Waals surface area contributed by atoms with Gasteiger partial charge >= 0.3 is 5.69 Å². The highest BCUT2D eigenvalue weighted by Gasteiger charge is 2.17. The fourth-order valence-electron chi connectivity index (χ4n) is 3.69. The number of aryl methyl sites for hydroxylation is 1. The molecule has 0 N–H and O–H groups in total. The van der Waals surface area contributed by atoms with Crippen LogP contribution in [0, 0.1) is 0 Å². The topological polar surface area (TPSA) is 47.2 Å². The van der Waals surface area contributed by atoms with Crippen LogP contribution in [0.3, 0.4) is 0 Å². The van der Waals surface area contributed by atoms with Crippen LogP contribution >= 0.6 is 0 Å². The monoisotopic (exact) mass is 373 g/mol. The van der Waals surface area contributed by atoms with Crippen molar-refractivity contribution in [1.29, 1.82) is 0 Å². The first kappa shape index (κ1) is 18.0. The molecule has 0 fully saturated rings. The Morgan fingerprint density at radius 3 is 2.25 bits per heavy atom. The molecular weight excluding hydrogens is 350 g/mol. The lowest BCUT2D eigenvalue weighted by atomic mass is 10.1. The van der Waals surface area contributed by atoms with Gasteiger partial charge in [-0.25, -0.2) is 4.79 Å². The molecule has 0 aliphatic heterocycles. The Labute approximate surface area is 163 Å². The summed E-state index contributed by atoms with van der Waals surface area (Å²) >= 11 is 0. The number of hydrogen-bond donors (Lipinski definition) is 0. The second kappa shape index (κ2) is 7.35. The number of aromatic nitrogens is 2. The molecule has 4 rings (SSSR count). The van der Waals surface area contributed by atoms with Crippen molar-refractivity contribution in [1.82, 2.24) is 14.0 Å². The summed E-state index contributed by atoms with van der Waals surface area (Å²) in [7, 11) is 1.78. The molecule has 0 aliphatic carbocycles. The zero-order valence-electron chi connectivity index (χ0n) is 16.1. The Hall–Kier alpha value is -3.34. The van der Waals surface area contributed by atoms with Crippen LogP contribution in [0.5, 0.6) is 0 Å². The van der Waals surface area contributed by atoms with Crippen LogP contribution < -0.4 is 5.69 Å². The van der Waals surface area contributed by atoms with Crippen molar-refractivity contribution in [2.45, 2.75) is 26.6 Å². The van der Waals surface area contributed by atoms with Crippen LogP contribution in [0.4, 0.5) is 0 Å². The summed E-state index contributed by atoms with van der Waals surface area (Å²) in [5, 5.41) is 2.34. The molecule has 28 heavy (non-hydrogen) atoms. The van der Waals surface area contributed by atoms with Crippen LogP contribution in [-0.4, -0.2) is 27.0 Å². The fraction of sp³-hybridized carbons (Fsp3) is 0.217. The second-order valence-corrected chi connectivity index (χ2v) is 7.03. The van der Waals surface area contributed by atoms with Gasteiger partial charge in [0.05, 0.1) is 11.0 Å². The van der Waals surface area contributed by atoms with Gasteiger partial charge in [-0.3, -0.25) is 13.9 Å². The summed E-state index contributed by atoms with van der Waals surface area (Å²) in [5.41, 5.74) is 2.58. The Balaban J connectivity index is 1.57. The van der Waals surface area contributed by atoms with E-state index >= 15 is 0 Å². The van der Waals surface area contributed by atoms with Crippen molar-refractivity contribution in [3.05, 3.63) is 82.8 Å². The Kier molecular flexibility index (Phi) is 4.74. The summed E-state index contributed by atoms with van der Waals surface area (Å²) in [4.78, 5) is 27.2. The number of amides is 1. The van der Waals surface area contributed by atoms with E-state index in [1.54, 1.807) is 21.1 Å². The number of rotatable bonds is 5. The minimum absolute atomic E-state index is 0.0381. The molecular formula is C23H23N3O2. The molecule has 0 aliphatic rings. The highest BCUT2D eigenvalue weighted by Crippen LogP contribution is 2.17. The quantitative estimate of drug-likeness (QED) is 0.536. The lowest BCUT2D eigenvalue weighted by Crippen LogP contribution is -2.34. The molecule has 3 aromatic carbocycles. The van der Waals surface area contributed by atoms with Gasteiger partial charge in [0.15, 0.2) is 0 Å². The lowest BCUT2D eigenvalue weighted by molar-refractivity contribution is -0.131. The largest absolute Gasteiger partial charge is 0.340 e. The van der Waals surface area contributed by atoms with E-state index in [-0.39, 0.29) is 18.1 Å². The molecule has 1 heterocycles. The number of imidazole rings is 1. The first-order chi connectivity index (χ1) is 13.6. The van der Waals surface area contributed by atoms with Gasteiger partial charge in [-0.2, -0.15) is 0 Å². The van der Waals surface area contributed by atoms with Gasteiger partial charge in [-0.05, 0) is 41.5 Å². The SMILES string of the molecule is CCn1c(=O)n(CC(=O)N(C)Cc2ccc3ccccc3c2)c2ccccc21. The lowest BCUT2D eigenvalue weighted by Gasteiger charge is -2.18. The molecule has 1 aromatic heterocycles. The van der Waals surface area contributed by atoms with Crippen molar-refractivity contribution in [2.24, 2.45) is 0 Å². The van der Waals surface area contributed by atoms with Crippen LogP contribution in [0.2, 0.25) is 0 Å². The smallest absolute Gasteiger partial charge is 0.329 e.